The summed E-state index contributed by atoms with van der Waals surface area (Å²) >= 11 is 0. The van der Waals surface area contributed by atoms with Crippen LogP contribution in [-0.4, -0.2) is 43.3 Å². The van der Waals surface area contributed by atoms with Gasteiger partial charge in [0, 0.05) is 24.7 Å². The largest absolute Gasteiger partial charge is 0.380 e. The Hall–Kier alpha value is -0.120. The molecule has 3 rings (SSSR count). The number of nitrogens with two attached hydrogens (primary N) is 1. The summed E-state index contributed by atoms with van der Waals surface area (Å²) < 4.78 is 5.57. The summed E-state index contributed by atoms with van der Waals surface area (Å²) in [4.78, 5) is 2.59. The van der Waals surface area contributed by atoms with Crippen molar-refractivity contribution in [2.24, 2.45) is 11.1 Å². The number of nitrogens with zero attached hydrogens (tertiary/aromatic N) is 1. The Morgan fingerprint density at radius 1 is 1.11 bits per heavy atom. The highest BCUT2D eigenvalue weighted by atomic mass is 16.5. The second kappa shape index (κ2) is 5.34. The Morgan fingerprint density at radius 2 is 1.79 bits per heavy atom. The minimum atomic E-state index is 0.256. The first-order chi connectivity index (χ1) is 9.20. The van der Waals surface area contributed by atoms with E-state index in [4.69, 9.17) is 10.5 Å². The molecule has 1 atom stereocenters. The molecular formula is C16H30N2O. The van der Waals surface area contributed by atoms with Gasteiger partial charge in [-0.05, 0) is 57.4 Å². The van der Waals surface area contributed by atoms with Gasteiger partial charge in [-0.15, -0.1) is 0 Å². The molecule has 3 aliphatic rings. The SMILES string of the molecule is CN(C1CCOC1)C1(CN)CCC2(CCCC2)CC1. The van der Waals surface area contributed by atoms with Gasteiger partial charge in [-0.25, -0.2) is 0 Å². The van der Waals surface area contributed by atoms with Gasteiger partial charge in [-0.1, -0.05) is 12.8 Å². The molecule has 2 saturated carbocycles. The molecule has 1 saturated heterocycles. The average Bonchev–Trinajstić information content (AvgIpc) is 3.11. The smallest absolute Gasteiger partial charge is 0.0622 e. The van der Waals surface area contributed by atoms with Gasteiger partial charge in [-0.2, -0.15) is 0 Å². The molecule has 1 heterocycles. The van der Waals surface area contributed by atoms with Crippen LogP contribution in [0.4, 0.5) is 0 Å². The molecule has 3 fully saturated rings. The minimum absolute atomic E-state index is 0.256. The second-order valence-corrected chi connectivity index (χ2v) is 7.26. The summed E-state index contributed by atoms with van der Waals surface area (Å²) in [6.07, 6.45) is 12.5. The molecule has 0 aromatic heterocycles. The van der Waals surface area contributed by atoms with Crippen LogP contribution in [0, 0.1) is 5.41 Å². The van der Waals surface area contributed by atoms with Gasteiger partial charge >= 0.3 is 0 Å². The van der Waals surface area contributed by atoms with Crippen molar-refractivity contribution in [1.82, 2.24) is 4.90 Å². The van der Waals surface area contributed by atoms with Crippen LogP contribution in [0.3, 0.4) is 0 Å². The van der Waals surface area contributed by atoms with Crippen molar-refractivity contribution in [1.29, 1.82) is 0 Å². The minimum Gasteiger partial charge on any atom is -0.380 e. The number of rotatable bonds is 3. The third-order valence-corrected chi connectivity index (χ3v) is 6.49. The second-order valence-electron chi connectivity index (χ2n) is 7.26. The Balaban J connectivity index is 1.67. The first-order valence-electron chi connectivity index (χ1n) is 8.21. The van der Waals surface area contributed by atoms with Crippen molar-refractivity contribution >= 4 is 0 Å². The average molecular weight is 266 g/mol. The fourth-order valence-electron chi connectivity index (χ4n) is 4.79. The molecule has 2 aliphatic carbocycles. The lowest BCUT2D eigenvalue weighted by atomic mass is 9.65. The molecule has 3 heteroatoms. The van der Waals surface area contributed by atoms with Gasteiger partial charge in [0.1, 0.15) is 0 Å². The molecule has 1 spiro atoms. The van der Waals surface area contributed by atoms with E-state index in [0.717, 1.165) is 19.8 Å². The highest BCUT2D eigenvalue weighted by Gasteiger charge is 2.46. The van der Waals surface area contributed by atoms with Crippen LogP contribution in [0.25, 0.3) is 0 Å². The maximum atomic E-state index is 6.21. The predicted octanol–water partition coefficient (Wildman–Crippen LogP) is 2.54. The van der Waals surface area contributed by atoms with E-state index in [0.29, 0.717) is 11.5 Å². The molecule has 1 aliphatic heterocycles. The van der Waals surface area contributed by atoms with E-state index >= 15 is 0 Å². The molecule has 1 unspecified atom stereocenters. The molecule has 0 bridgehead atoms. The summed E-state index contributed by atoms with van der Waals surface area (Å²) in [5, 5.41) is 0. The van der Waals surface area contributed by atoms with Crippen molar-refractivity contribution < 1.29 is 4.74 Å². The summed E-state index contributed by atoms with van der Waals surface area (Å²) in [7, 11) is 2.29. The van der Waals surface area contributed by atoms with Crippen molar-refractivity contribution in [3.8, 4) is 0 Å². The van der Waals surface area contributed by atoms with E-state index in [1.165, 1.54) is 57.8 Å². The number of likely N-dealkylation sites (N-methyl/N-ethyl adjacent to an activating group) is 1. The van der Waals surface area contributed by atoms with Crippen molar-refractivity contribution in [3.63, 3.8) is 0 Å². The predicted molar refractivity (Wildman–Crippen MR) is 78.1 cm³/mol. The number of hydrogen-bond donors (Lipinski definition) is 1. The van der Waals surface area contributed by atoms with Crippen LogP contribution in [0.5, 0.6) is 0 Å². The molecule has 110 valence electrons. The topological polar surface area (TPSA) is 38.5 Å². The Labute approximate surface area is 117 Å². The van der Waals surface area contributed by atoms with Gasteiger partial charge in [0.15, 0.2) is 0 Å². The number of hydrogen-bond acceptors (Lipinski definition) is 3. The maximum absolute atomic E-state index is 6.21. The molecule has 3 nitrogen and oxygen atoms in total. The Bertz CT molecular complexity index is 296. The standard InChI is InChI=1S/C16H30N2O/c1-18(14-4-11-19-12-14)16(13-17)9-7-15(8-10-16)5-2-3-6-15/h14H,2-13,17H2,1H3. The van der Waals surface area contributed by atoms with E-state index in [1.807, 2.05) is 0 Å². The normalized spacial score (nSPS) is 33.3. The lowest BCUT2D eigenvalue weighted by Crippen LogP contribution is -2.58. The van der Waals surface area contributed by atoms with Crippen LogP contribution in [0.2, 0.25) is 0 Å². The van der Waals surface area contributed by atoms with Crippen LogP contribution in [0.15, 0.2) is 0 Å². The Morgan fingerprint density at radius 3 is 2.32 bits per heavy atom. The lowest BCUT2D eigenvalue weighted by Gasteiger charge is -2.51. The van der Waals surface area contributed by atoms with Gasteiger partial charge in [-0.3, -0.25) is 4.90 Å². The van der Waals surface area contributed by atoms with E-state index in [2.05, 4.69) is 11.9 Å². The summed E-state index contributed by atoms with van der Waals surface area (Å²) in [5.41, 5.74) is 7.17. The van der Waals surface area contributed by atoms with Gasteiger partial charge in [0.2, 0.25) is 0 Å². The molecule has 0 radical (unpaired) electrons. The lowest BCUT2D eigenvalue weighted by molar-refractivity contribution is 0.00186. The van der Waals surface area contributed by atoms with Crippen LogP contribution >= 0.6 is 0 Å². The van der Waals surface area contributed by atoms with E-state index in [9.17, 15) is 0 Å². The highest BCUT2D eigenvalue weighted by molar-refractivity contribution is 5.02. The molecule has 19 heavy (non-hydrogen) atoms. The van der Waals surface area contributed by atoms with Crippen molar-refractivity contribution in [2.75, 3.05) is 26.8 Å². The van der Waals surface area contributed by atoms with Crippen LogP contribution < -0.4 is 5.73 Å². The van der Waals surface area contributed by atoms with E-state index in [1.54, 1.807) is 0 Å². The molecule has 2 N–H and O–H groups in total. The van der Waals surface area contributed by atoms with Crippen molar-refractivity contribution in [2.45, 2.75) is 69.4 Å². The number of ether oxygens (including phenoxy) is 1. The quantitative estimate of drug-likeness (QED) is 0.853. The van der Waals surface area contributed by atoms with E-state index < -0.39 is 0 Å². The fourth-order valence-corrected chi connectivity index (χ4v) is 4.79. The van der Waals surface area contributed by atoms with Crippen LogP contribution in [-0.2, 0) is 4.74 Å². The van der Waals surface area contributed by atoms with Crippen molar-refractivity contribution in [3.05, 3.63) is 0 Å². The molecular weight excluding hydrogens is 236 g/mol. The summed E-state index contributed by atoms with van der Waals surface area (Å²) in [6, 6.07) is 0.598. The van der Waals surface area contributed by atoms with Gasteiger partial charge < -0.3 is 10.5 Å². The summed E-state index contributed by atoms with van der Waals surface area (Å²) in [6.45, 7) is 2.65. The third kappa shape index (κ3) is 2.45. The monoisotopic (exact) mass is 266 g/mol. The maximum Gasteiger partial charge on any atom is 0.0622 e. The molecule has 0 aromatic rings. The van der Waals surface area contributed by atoms with Gasteiger partial charge in [0.25, 0.3) is 0 Å². The zero-order valence-electron chi connectivity index (χ0n) is 12.5. The van der Waals surface area contributed by atoms with E-state index in [-0.39, 0.29) is 5.54 Å². The Kier molecular flexibility index (Phi) is 3.89. The zero-order chi connectivity index (χ0) is 13.3. The fraction of sp³-hybridized carbons (Fsp3) is 1.00. The van der Waals surface area contributed by atoms with Crippen LogP contribution in [0.1, 0.15) is 57.8 Å². The first kappa shape index (κ1) is 13.8. The molecule has 0 aromatic carbocycles. The summed E-state index contributed by atoms with van der Waals surface area (Å²) in [5.74, 6) is 0. The highest BCUT2D eigenvalue weighted by Crippen LogP contribution is 2.52. The third-order valence-electron chi connectivity index (χ3n) is 6.49. The molecule has 0 amide bonds. The first-order valence-corrected chi connectivity index (χ1v) is 8.21. The zero-order valence-corrected chi connectivity index (χ0v) is 12.5. The van der Waals surface area contributed by atoms with Gasteiger partial charge in [0.05, 0.1) is 6.61 Å².